The number of rotatable bonds is 7. The van der Waals surface area contributed by atoms with E-state index in [0.717, 1.165) is 24.5 Å². The Morgan fingerprint density at radius 2 is 2.00 bits per heavy atom. The third kappa shape index (κ3) is 5.50. The van der Waals surface area contributed by atoms with Crippen LogP contribution in [-0.2, 0) is 14.3 Å². The van der Waals surface area contributed by atoms with Crippen molar-refractivity contribution in [3.63, 3.8) is 0 Å². The summed E-state index contributed by atoms with van der Waals surface area (Å²) in [5.41, 5.74) is -0.382. The zero-order valence-electron chi connectivity index (χ0n) is 9.46. The second-order valence-electron chi connectivity index (χ2n) is 3.77. The van der Waals surface area contributed by atoms with E-state index in [2.05, 4.69) is 0 Å². The summed E-state index contributed by atoms with van der Waals surface area (Å²) in [5, 5.41) is 0. The minimum Gasteiger partial charge on any atom is -0.469 e. The lowest BCUT2D eigenvalue weighted by Gasteiger charge is -2.20. The number of hydrogen-bond donors (Lipinski definition) is 0. The fraction of sp³-hybridized carbons (Fsp3) is 0.900. The number of hydrogen-bond acceptors (Lipinski definition) is 4. The first-order chi connectivity index (χ1) is 6.54. The number of carbonyl (C=O) groups is 1. The highest BCUT2D eigenvalue weighted by Crippen LogP contribution is 2.23. The predicted octanol–water partition coefficient (Wildman–Crippen LogP) is 1.96. The molecule has 14 heavy (non-hydrogen) atoms. The molecule has 0 saturated carbocycles. The first kappa shape index (κ1) is 13.8. The van der Waals surface area contributed by atoms with E-state index in [1.54, 1.807) is 18.9 Å². The van der Waals surface area contributed by atoms with Crippen molar-refractivity contribution in [2.75, 3.05) is 32.3 Å². The van der Waals surface area contributed by atoms with Crippen LogP contribution in [0.4, 0.5) is 0 Å². The molecule has 0 aliphatic rings. The van der Waals surface area contributed by atoms with Crippen LogP contribution in [0.2, 0.25) is 0 Å². The maximum absolute atomic E-state index is 11.3. The van der Waals surface area contributed by atoms with Crippen molar-refractivity contribution < 1.29 is 14.3 Å². The maximum atomic E-state index is 11.3. The van der Waals surface area contributed by atoms with Crippen molar-refractivity contribution in [2.45, 2.75) is 20.3 Å². The number of thioether (sulfide) groups is 1. The van der Waals surface area contributed by atoms with Gasteiger partial charge < -0.3 is 9.47 Å². The number of ether oxygens (including phenoxy) is 2. The Labute approximate surface area is 90.5 Å². The number of methoxy groups -OCH3 is 2. The average molecular weight is 220 g/mol. The van der Waals surface area contributed by atoms with Crippen molar-refractivity contribution >= 4 is 17.7 Å². The fourth-order valence-electron chi connectivity index (χ4n) is 0.968. The Hall–Kier alpha value is -0.220. The average Bonchev–Trinajstić information content (AvgIpc) is 2.16. The molecule has 3 nitrogen and oxygen atoms in total. The van der Waals surface area contributed by atoms with Crippen molar-refractivity contribution in [2.24, 2.45) is 5.41 Å². The second kappa shape index (κ2) is 7.12. The van der Waals surface area contributed by atoms with Gasteiger partial charge in [0.15, 0.2) is 0 Å². The monoisotopic (exact) mass is 220 g/mol. The first-order valence-electron chi connectivity index (χ1n) is 4.69. The van der Waals surface area contributed by atoms with Gasteiger partial charge in [-0.05, 0) is 26.0 Å². The standard InChI is InChI=1S/C10H20O3S/c1-10(2,9(11)13-4)8-14-7-5-6-12-3/h5-8H2,1-4H3. The van der Waals surface area contributed by atoms with Gasteiger partial charge in [-0.3, -0.25) is 4.79 Å². The van der Waals surface area contributed by atoms with Crippen LogP contribution in [0.25, 0.3) is 0 Å². The van der Waals surface area contributed by atoms with Crippen molar-refractivity contribution in [3.05, 3.63) is 0 Å². The highest BCUT2D eigenvalue weighted by Gasteiger charge is 2.28. The number of carbonyl (C=O) groups excluding carboxylic acids is 1. The molecule has 0 rings (SSSR count). The molecule has 0 saturated heterocycles. The summed E-state index contributed by atoms with van der Waals surface area (Å²) in [4.78, 5) is 11.3. The molecule has 0 unspecified atom stereocenters. The van der Waals surface area contributed by atoms with Crippen LogP contribution in [0.15, 0.2) is 0 Å². The highest BCUT2D eigenvalue weighted by molar-refractivity contribution is 7.99. The topological polar surface area (TPSA) is 35.5 Å². The number of esters is 1. The van der Waals surface area contributed by atoms with E-state index < -0.39 is 0 Å². The molecule has 0 aromatic carbocycles. The van der Waals surface area contributed by atoms with Gasteiger partial charge in [-0.2, -0.15) is 11.8 Å². The molecule has 0 heterocycles. The smallest absolute Gasteiger partial charge is 0.312 e. The molecular weight excluding hydrogens is 200 g/mol. The van der Waals surface area contributed by atoms with E-state index in [-0.39, 0.29) is 11.4 Å². The van der Waals surface area contributed by atoms with E-state index in [4.69, 9.17) is 9.47 Å². The van der Waals surface area contributed by atoms with Gasteiger partial charge in [0.1, 0.15) is 0 Å². The summed E-state index contributed by atoms with van der Waals surface area (Å²) in [6, 6.07) is 0. The van der Waals surface area contributed by atoms with E-state index >= 15 is 0 Å². The lowest BCUT2D eigenvalue weighted by Crippen LogP contribution is -2.28. The zero-order valence-corrected chi connectivity index (χ0v) is 10.3. The lowest BCUT2D eigenvalue weighted by atomic mass is 9.97. The van der Waals surface area contributed by atoms with Crippen LogP contribution >= 0.6 is 11.8 Å². The SMILES string of the molecule is COCCCSCC(C)(C)C(=O)OC. The second-order valence-corrected chi connectivity index (χ2v) is 4.88. The predicted molar refractivity (Wildman–Crippen MR) is 59.6 cm³/mol. The maximum Gasteiger partial charge on any atom is 0.312 e. The van der Waals surface area contributed by atoms with Gasteiger partial charge in [0.25, 0.3) is 0 Å². The largest absolute Gasteiger partial charge is 0.469 e. The molecule has 84 valence electrons. The molecular formula is C10H20O3S. The summed E-state index contributed by atoms with van der Waals surface area (Å²) in [6.45, 7) is 4.59. The molecule has 0 aromatic rings. The van der Waals surface area contributed by atoms with E-state index in [1.165, 1.54) is 7.11 Å². The van der Waals surface area contributed by atoms with E-state index in [9.17, 15) is 4.79 Å². The molecule has 0 radical (unpaired) electrons. The van der Waals surface area contributed by atoms with Gasteiger partial charge in [-0.25, -0.2) is 0 Å². The van der Waals surface area contributed by atoms with Gasteiger partial charge >= 0.3 is 5.97 Å². The van der Waals surface area contributed by atoms with Crippen LogP contribution in [0.1, 0.15) is 20.3 Å². The molecule has 0 aliphatic carbocycles. The van der Waals surface area contributed by atoms with Crippen molar-refractivity contribution in [3.8, 4) is 0 Å². The summed E-state index contributed by atoms with van der Waals surface area (Å²) in [7, 11) is 3.13. The van der Waals surface area contributed by atoms with Crippen LogP contribution in [0.5, 0.6) is 0 Å². The van der Waals surface area contributed by atoms with Crippen LogP contribution in [-0.4, -0.2) is 38.3 Å². The Balaban J connectivity index is 3.60. The molecule has 0 spiro atoms. The molecule has 0 N–H and O–H groups in total. The zero-order chi connectivity index (χ0) is 11.0. The molecule has 0 bridgehead atoms. The summed E-state index contributed by atoms with van der Waals surface area (Å²) >= 11 is 1.76. The Bertz CT molecular complexity index is 169. The third-order valence-corrected chi connectivity index (χ3v) is 3.34. The van der Waals surface area contributed by atoms with Crippen molar-refractivity contribution in [1.82, 2.24) is 0 Å². The van der Waals surface area contributed by atoms with E-state index in [0.29, 0.717) is 0 Å². The summed E-state index contributed by atoms with van der Waals surface area (Å²) in [6.07, 6.45) is 1.03. The van der Waals surface area contributed by atoms with E-state index in [1.807, 2.05) is 13.8 Å². The van der Waals surface area contributed by atoms with Crippen LogP contribution < -0.4 is 0 Å². The van der Waals surface area contributed by atoms with Gasteiger partial charge in [0, 0.05) is 19.5 Å². The van der Waals surface area contributed by atoms with Crippen LogP contribution in [0, 0.1) is 5.41 Å². The molecule has 0 aromatic heterocycles. The highest BCUT2D eigenvalue weighted by atomic mass is 32.2. The quantitative estimate of drug-likeness (QED) is 0.485. The first-order valence-corrected chi connectivity index (χ1v) is 5.85. The molecule has 0 fully saturated rings. The normalized spacial score (nSPS) is 11.4. The summed E-state index contributed by atoms with van der Waals surface area (Å²) in [5.74, 6) is 1.68. The third-order valence-electron chi connectivity index (χ3n) is 1.84. The van der Waals surface area contributed by atoms with Crippen LogP contribution in [0.3, 0.4) is 0 Å². The van der Waals surface area contributed by atoms with Gasteiger partial charge in [-0.15, -0.1) is 0 Å². The summed E-state index contributed by atoms with van der Waals surface area (Å²) < 4.78 is 9.65. The minimum atomic E-state index is -0.382. The molecule has 0 atom stereocenters. The molecule has 0 aliphatic heterocycles. The minimum absolute atomic E-state index is 0.142. The Morgan fingerprint density at radius 1 is 1.36 bits per heavy atom. The Kier molecular flexibility index (Phi) is 7.01. The fourth-order valence-corrected chi connectivity index (χ4v) is 2.06. The molecule has 4 heteroatoms. The van der Waals surface area contributed by atoms with Crippen molar-refractivity contribution in [1.29, 1.82) is 0 Å². The van der Waals surface area contributed by atoms with Gasteiger partial charge in [-0.1, -0.05) is 0 Å². The molecule has 0 amide bonds. The van der Waals surface area contributed by atoms with Gasteiger partial charge in [0.05, 0.1) is 12.5 Å². The Morgan fingerprint density at radius 3 is 2.50 bits per heavy atom. The van der Waals surface area contributed by atoms with Gasteiger partial charge in [0.2, 0.25) is 0 Å². The lowest BCUT2D eigenvalue weighted by molar-refractivity contribution is -0.149.